The van der Waals surface area contributed by atoms with Crippen LogP contribution in [0.25, 0.3) is 0 Å². The number of likely N-dealkylation sites (N-methyl/N-ethyl adjacent to an activating group) is 1. The van der Waals surface area contributed by atoms with Crippen molar-refractivity contribution in [1.29, 1.82) is 0 Å². The summed E-state index contributed by atoms with van der Waals surface area (Å²) in [4.78, 5) is 37.7. The minimum Gasteiger partial charge on any atom is -0.477 e. The van der Waals surface area contributed by atoms with E-state index in [0.29, 0.717) is 23.9 Å². The van der Waals surface area contributed by atoms with Crippen LogP contribution in [0.15, 0.2) is 72.9 Å². The van der Waals surface area contributed by atoms with E-state index in [9.17, 15) is 19.5 Å². The fourth-order valence-electron chi connectivity index (χ4n) is 11.0. The predicted molar refractivity (Wildman–Crippen MR) is 378 cm³/mol. The first-order valence-electron chi connectivity index (χ1n) is 37.6. The number of nitrogens with zero attached hydrogens (tertiary/aromatic N) is 1. The van der Waals surface area contributed by atoms with Crippen LogP contribution in [-0.2, 0) is 33.3 Å². The number of hydrogen-bond acceptors (Lipinski definition) is 7. The van der Waals surface area contributed by atoms with Crippen molar-refractivity contribution < 1.29 is 42.9 Å². The summed E-state index contributed by atoms with van der Waals surface area (Å²) >= 11 is 0. The van der Waals surface area contributed by atoms with Gasteiger partial charge in [-0.25, -0.2) is 4.79 Å². The first-order valence-corrected chi connectivity index (χ1v) is 37.6. The van der Waals surface area contributed by atoms with Crippen molar-refractivity contribution >= 4 is 17.9 Å². The molecule has 88 heavy (non-hydrogen) atoms. The van der Waals surface area contributed by atoms with E-state index in [1.165, 1.54) is 238 Å². The highest BCUT2D eigenvalue weighted by Gasteiger charge is 2.25. The van der Waals surface area contributed by atoms with Crippen LogP contribution in [0.2, 0.25) is 0 Å². The second kappa shape index (κ2) is 69.6. The third-order valence-electron chi connectivity index (χ3n) is 16.7. The molecule has 9 heteroatoms. The third kappa shape index (κ3) is 70.2. The highest BCUT2D eigenvalue weighted by atomic mass is 16.7. The van der Waals surface area contributed by atoms with E-state index in [0.717, 1.165) is 83.5 Å². The van der Waals surface area contributed by atoms with Crippen LogP contribution in [-0.4, -0.2) is 87.4 Å². The number of carbonyl (C=O) groups is 3. The molecule has 0 spiro atoms. The third-order valence-corrected chi connectivity index (χ3v) is 16.7. The second-order valence-corrected chi connectivity index (χ2v) is 26.6. The van der Waals surface area contributed by atoms with Gasteiger partial charge in [-0.15, -0.1) is 0 Å². The van der Waals surface area contributed by atoms with Gasteiger partial charge in [-0.3, -0.25) is 9.59 Å². The van der Waals surface area contributed by atoms with Crippen LogP contribution in [0.4, 0.5) is 0 Å². The summed E-state index contributed by atoms with van der Waals surface area (Å²) in [5.74, 6) is -2.00. The summed E-state index contributed by atoms with van der Waals surface area (Å²) in [6.07, 6.45) is 90.5. The van der Waals surface area contributed by atoms with Crippen LogP contribution in [0.1, 0.15) is 354 Å². The zero-order valence-corrected chi connectivity index (χ0v) is 58.6. The lowest BCUT2D eigenvalue weighted by molar-refractivity contribution is -0.870. The number of ether oxygens (including phenoxy) is 4. The second-order valence-electron chi connectivity index (χ2n) is 26.6. The Morgan fingerprint density at radius 1 is 0.352 bits per heavy atom. The first kappa shape index (κ1) is 84.7. The SMILES string of the molecule is CC/C=C\C/C=C\C/C=C\C/C=C\C/C=C\C/C=C\CCCCCCCCCCC(=O)OC(COC(=O)CCCCCCCCCCCCCCCCCCCCCCCCCCCCCCCCCCCCCC)COC(OCC[N+](C)(C)C)C(=O)O. The number of hydrogen-bond donors (Lipinski definition) is 1. The van der Waals surface area contributed by atoms with E-state index < -0.39 is 24.3 Å². The summed E-state index contributed by atoms with van der Waals surface area (Å²) < 4.78 is 23.0. The van der Waals surface area contributed by atoms with Gasteiger partial charge in [0, 0.05) is 12.8 Å². The molecule has 0 saturated heterocycles. The van der Waals surface area contributed by atoms with Crippen molar-refractivity contribution in [3.8, 4) is 0 Å². The van der Waals surface area contributed by atoms with Gasteiger partial charge in [-0.2, -0.15) is 0 Å². The number of carboxylic acids is 1. The Kier molecular flexibility index (Phi) is 67.0. The zero-order valence-electron chi connectivity index (χ0n) is 58.6. The molecule has 0 aromatic carbocycles. The van der Waals surface area contributed by atoms with Gasteiger partial charge in [0.2, 0.25) is 0 Å². The van der Waals surface area contributed by atoms with Gasteiger partial charge in [-0.1, -0.05) is 350 Å². The van der Waals surface area contributed by atoms with E-state index in [2.05, 4.69) is 86.8 Å². The number of unbranched alkanes of at least 4 members (excludes halogenated alkanes) is 43. The minimum absolute atomic E-state index is 0.185. The van der Waals surface area contributed by atoms with Gasteiger partial charge in [0.1, 0.15) is 13.2 Å². The van der Waals surface area contributed by atoms with Crippen LogP contribution in [0.5, 0.6) is 0 Å². The molecule has 0 aliphatic rings. The maximum atomic E-state index is 12.9. The molecule has 0 radical (unpaired) electrons. The highest BCUT2D eigenvalue weighted by molar-refractivity contribution is 5.71. The molecule has 0 aromatic heterocycles. The van der Waals surface area contributed by atoms with Crippen LogP contribution < -0.4 is 0 Å². The minimum atomic E-state index is -1.52. The summed E-state index contributed by atoms with van der Waals surface area (Å²) in [6, 6.07) is 0. The van der Waals surface area contributed by atoms with E-state index in [-0.39, 0.29) is 32.2 Å². The van der Waals surface area contributed by atoms with Gasteiger partial charge in [0.15, 0.2) is 6.10 Å². The lowest BCUT2D eigenvalue weighted by Crippen LogP contribution is -2.40. The summed E-state index contributed by atoms with van der Waals surface area (Å²) in [7, 11) is 5.98. The highest BCUT2D eigenvalue weighted by Crippen LogP contribution is 2.19. The van der Waals surface area contributed by atoms with Crippen molar-refractivity contribution in [2.75, 3.05) is 47.5 Å². The van der Waals surface area contributed by atoms with Gasteiger partial charge in [0.05, 0.1) is 34.4 Å². The fraction of sp³-hybridized carbons (Fsp3) is 0.810. The molecule has 0 rings (SSSR count). The van der Waals surface area contributed by atoms with Gasteiger partial charge < -0.3 is 28.5 Å². The monoisotopic (exact) mass is 1240 g/mol. The number of esters is 2. The summed E-state index contributed by atoms with van der Waals surface area (Å²) in [6.45, 7) is 4.80. The number of carbonyl (C=O) groups excluding carboxylic acids is 2. The number of quaternary nitrogens is 1. The van der Waals surface area contributed by atoms with Crippen LogP contribution in [0, 0.1) is 0 Å². The molecule has 0 aliphatic carbocycles. The van der Waals surface area contributed by atoms with Crippen molar-refractivity contribution in [3.05, 3.63) is 72.9 Å². The van der Waals surface area contributed by atoms with Crippen molar-refractivity contribution in [2.24, 2.45) is 0 Å². The predicted octanol–water partition coefficient (Wildman–Crippen LogP) is 23.6. The van der Waals surface area contributed by atoms with Gasteiger partial charge in [-0.05, 0) is 64.2 Å². The lowest BCUT2D eigenvalue weighted by atomic mass is 10.0. The normalized spacial score (nSPS) is 13.1. The summed E-state index contributed by atoms with van der Waals surface area (Å²) in [5, 5.41) is 9.76. The lowest BCUT2D eigenvalue weighted by Gasteiger charge is -2.25. The molecule has 0 aliphatic heterocycles. The van der Waals surface area contributed by atoms with E-state index in [4.69, 9.17) is 18.9 Å². The van der Waals surface area contributed by atoms with Gasteiger partial charge in [0.25, 0.3) is 6.29 Å². The molecule has 2 unspecified atom stereocenters. The number of aliphatic carboxylic acids is 1. The molecule has 0 saturated carbocycles. The Hall–Kier alpha value is -3.27. The van der Waals surface area contributed by atoms with Crippen molar-refractivity contribution in [3.63, 3.8) is 0 Å². The zero-order chi connectivity index (χ0) is 64.0. The largest absolute Gasteiger partial charge is 0.477 e. The topological polar surface area (TPSA) is 108 Å². The fourth-order valence-corrected chi connectivity index (χ4v) is 11.0. The average molecular weight is 1240 g/mol. The smallest absolute Gasteiger partial charge is 0.361 e. The number of rotatable bonds is 70. The quantitative estimate of drug-likeness (QED) is 0.0211. The Morgan fingerprint density at radius 2 is 0.648 bits per heavy atom. The molecule has 9 nitrogen and oxygen atoms in total. The molecule has 0 bridgehead atoms. The van der Waals surface area contributed by atoms with Crippen molar-refractivity contribution in [2.45, 2.75) is 367 Å². The summed E-state index contributed by atoms with van der Waals surface area (Å²) in [5.41, 5.74) is 0. The molecule has 0 fully saturated rings. The standard InChI is InChI=1S/C79H143NO8/c1-6-8-10-12-14-16-18-20-22-24-26-28-30-32-34-35-36-37-38-39-40-41-42-44-45-47-49-51-53-55-57-59-61-63-65-67-69-76(81)86-73-75(74-87-79(78(83)84)85-72-71-80(3,4)5)88-77(82)70-68-66-64-62-60-58-56-54-52-50-48-46-43-33-31-29-27-25-23-21-19-17-15-13-11-9-7-2/h9,11,15,17,21,23,27,29,33,43,48,50,75,79H,6-8,10,12-14,16,18-20,22,24-26,28,30-32,34-42,44-47,49,51-74H2,1-5H3/p+1/b11-9-,17-15-,23-21-,29-27-,43-33-,50-48-. The van der Waals surface area contributed by atoms with E-state index in [1.54, 1.807) is 0 Å². The Balaban J connectivity index is 4.03. The van der Waals surface area contributed by atoms with Crippen molar-refractivity contribution in [1.82, 2.24) is 0 Å². The average Bonchev–Trinajstić information content (AvgIpc) is 3.54. The molecule has 512 valence electrons. The van der Waals surface area contributed by atoms with Crippen LogP contribution in [0.3, 0.4) is 0 Å². The van der Waals surface area contributed by atoms with Crippen LogP contribution >= 0.6 is 0 Å². The maximum absolute atomic E-state index is 12.9. The van der Waals surface area contributed by atoms with Gasteiger partial charge >= 0.3 is 17.9 Å². The molecule has 0 aromatic rings. The molecular weight excluding hydrogens is 1090 g/mol. The number of allylic oxidation sites excluding steroid dienone is 12. The van der Waals surface area contributed by atoms with E-state index >= 15 is 0 Å². The first-order chi connectivity index (χ1) is 43.1. The van der Waals surface area contributed by atoms with E-state index in [1.807, 2.05) is 21.1 Å². The molecule has 0 heterocycles. The molecular formula is C79H144NO8+. The molecule has 0 amide bonds. The Bertz CT molecular complexity index is 1680. The Morgan fingerprint density at radius 3 is 0.966 bits per heavy atom. The Labute approximate surface area is 545 Å². The number of carboxylic acid groups (broad SMARTS) is 1. The molecule has 1 N–H and O–H groups in total. The molecule has 2 atom stereocenters. The maximum Gasteiger partial charge on any atom is 0.361 e.